The van der Waals surface area contributed by atoms with E-state index >= 15 is 0 Å². The smallest absolute Gasteiger partial charge is 0.407 e. The molecule has 1 atom stereocenters. The second-order valence-corrected chi connectivity index (χ2v) is 27.0. The molecule has 2 aromatic carbocycles. The van der Waals surface area contributed by atoms with Crippen LogP contribution in [0.5, 0.6) is 0 Å². The number of hydrogen-bond acceptors (Lipinski definition) is 25. The second kappa shape index (κ2) is 50.8. The van der Waals surface area contributed by atoms with Crippen molar-refractivity contribution in [3.63, 3.8) is 0 Å². The monoisotopic (exact) mass is 1450 g/mol. The minimum absolute atomic E-state index is 0.0156. The lowest BCUT2D eigenvalue weighted by molar-refractivity contribution is -0.182. The van der Waals surface area contributed by atoms with Crippen molar-refractivity contribution >= 4 is 41.9 Å². The van der Waals surface area contributed by atoms with Crippen molar-refractivity contribution in [1.29, 1.82) is 0 Å². The van der Waals surface area contributed by atoms with Crippen molar-refractivity contribution < 1.29 is 95.5 Å². The van der Waals surface area contributed by atoms with Crippen molar-refractivity contribution in [2.24, 2.45) is 0 Å². The molecule has 0 bridgehead atoms. The highest BCUT2D eigenvalue weighted by atomic mass is 16.6. The summed E-state index contributed by atoms with van der Waals surface area (Å²) in [6, 6.07) is 16.3. The van der Waals surface area contributed by atoms with Crippen molar-refractivity contribution in [3.05, 3.63) is 59.7 Å². The number of fused-ring (bicyclic) bond motifs is 3. The standard InChI is InChI=1S/C70H120N12O20/c1-68(2,3)100-65(88)76-23-39-96-47-43-92-35-19-72-61(84)51-80-28-26-79(50-60(83)71-18-34-91-42-46-95-38-22-75-64(87)99-54-59-57-16-12-10-14-55(57)56-15-11-13-17-58(56)59)27-29-81(52-62(85)73-20-36-93-44-48-97-40-24-77-66(89)101-69(4,5)6)31-33-82(32-30-80)53-63(86)74-21-37-94-45-49-98-41-25-78-67(90)102-70(7,8)9/h10-17,59,67,78,90H,18-54H2,1-9H3,(H,71,83)(H,72,84)(H,73,85)(H,74,86)(H,75,87)(H,76,88)(H,77,89). The minimum atomic E-state index is -1.12. The molecule has 1 aliphatic heterocycles. The molecule has 0 saturated carbocycles. The number of ether oxygens (including phenoxy) is 12. The molecule has 32 heteroatoms. The lowest BCUT2D eigenvalue weighted by atomic mass is 9.98. The van der Waals surface area contributed by atoms with Gasteiger partial charge >= 0.3 is 18.3 Å². The van der Waals surface area contributed by atoms with E-state index in [1.807, 2.05) is 64.6 Å². The summed E-state index contributed by atoms with van der Waals surface area (Å²) < 4.78 is 66.7. The Balaban J connectivity index is 1.28. The highest BCUT2D eigenvalue weighted by Crippen LogP contribution is 2.44. The number of carbonyl (C=O) groups excluding carboxylic acids is 7. The van der Waals surface area contributed by atoms with Crippen LogP contribution in [0.25, 0.3) is 11.1 Å². The number of rotatable bonds is 48. The largest absolute Gasteiger partial charge is 0.449 e. The molecular weight excluding hydrogens is 1330 g/mol. The molecule has 1 saturated heterocycles. The van der Waals surface area contributed by atoms with E-state index in [4.69, 9.17) is 56.8 Å². The zero-order chi connectivity index (χ0) is 74.3. The van der Waals surface area contributed by atoms with Crippen LogP contribution in [0.2, 0.25) is 0 Å². The van der Waals surface area contributed by atoms with E-state index in [2.05, 4.69) is 66.8 Å². The van der Waals surface area contributed by atoms with Crippen LogP contribution in [-0.2, 0) is 76.0 Å². The van der Waals surface area contributed by atoms with Crippen LogP contribution in [0.4, 0.5) is 14.4 Å². The summed E-state index contributed by atoms with van der Waals surface area (Å²) in [4.78, 5) is 98.7. The maximum atomic E-state index is 13.6. The third-order valence-corrected chi connectivity index (χ3v) is 14.9. The number of hydrogen-bond donors (Lipinski definition) is 9. The first-order valence-electron chi connectivity index (χ1n) is 35.5. The molecule has 1 aliphatic carbocycles. The molecule has 7 amide bonds. The van der Waals surface area contributed by atoms with Crippen LogP contribution in [-0.4, -0.2) is 333 Å². The van der Waals surface area contributed by atoms with Gasteiger partial charge in [0.15, 0.2) is 0 Å². The van der Waals surface area contributed by atoms with Crippen LogP contribution in [0, 0.1) is 0 Å². The van der Waals surface area contributed by atoms with Gasteiger partial charge in [0.2, 0.25) is 30.0 Å². The van der Waals surface area contributed by atoms with Gasteiger partial charge in [-0.2, -0.15) is 0 Å². The van der Waals surface area contributed by atoms with Crippen molar-refractivity contribution in [2.45, 2.75) is 91.4 Å². The van der Waals surface area contributed by atoms with Crippen molar-refractivity contribution in [2.75, 3.05) is 243 Å². The summed E-state index contributed by atoms with van der Waals surface area (Å²) in [5, 5.41) is 32.6. The summed E-state index contributed by atoms with van der Waals surface area (Å²) in [5.41, 5.74) is 2.84. The molecule has 0 aromatic heterocycles. The Morgan fingerprint density at radius 2 is 0.637 bits per heavy atom. The molecule has 4 rings (SSSR count). The van der Waals surface area contributed by atoms with Crippen LogP contribution in [0.15, 0.2) is 48.5 Å². The van der Waals surface area contributed by atoms with Crippen LogP contribution in [0.1, 0.15) is 79.4 Å². The maximum Gasteiger partial charge on any atom is 0.407 e. The van der Waals surface area contributed by atoms with Gasteiger partial charge in [-0.1, -0.05) is 48.5 Å². The first-order chi connectivity index (χ1) is 48.8. The third kappa shape index (κ3) is 43.6. The Morgan fingerprint density at radius 3 is 0.922 bits per heavy atom. The molecule has 2 aliphatic rings. The Kier molecular flexibility index (Phi) is 43.8. The van der Waals surface area contributed by atoms with E-state index < -0.39 is 41.5 Å². The topological polar surface area (TPSA) is 360 Å². The molecule has 32 nitrogen and oxygen atoms in total. The normalized spacial score (nSPS) is 14.8. The fourth-order valence-corrected chi connectivity index (χ4v) is 10.2. The first-order valence-corrected chi connectivity index (χ1v) is 35.5. The van der Waals surface area contributed by atoms with E-state index in [9.17, 15) is 38.7 Å². The Morgan fingerprint density at radius 1 is 0.373 bits per heavy atom. The molecule has 9 N–H and O–H groups in total. The van der Waals surface area contributed by atoms with E-state index in [0.717, 1.165) is 22.3 Å². The lowest BCUT2D eigenvalue weighted by Gasteiger charge is -2.33. The molecule has 102 heavy (non-hydrogen) atoms. The quantitative estimate of drug-likeness (QED) is 0.0254. The fourth-order valence-electron chi connectivity index (χ4n) is 10.2. The third-order valence-electron chi connectivity index (χ3n) is 14.9. The van der Waals surface area contributed by atoms with Crippen molar-refractivity contribution in [3.8, 4) is 11.1 Å². The molecule has 1 unspecified atom stereocenters. The number of nitrogens with zero attached hydrogens (tertiary/aromatic N) is 4. The van der Waals surface area contributed by atoms with Crippen LogP contribution in [0.3, 0.4) is 0 Å². The van der Waals surface area contributed by atoms with Gasteiger partial charge < -0.3 is 99.2 Å². The van der Waals surface area contributed by atoms with Crippen molar-refractivity contribution in [1.82, 2.24) is 62.1 Å². The maximum absolute atomic E-state index is 13.6. The molecule has 1 fully saturated rings. The molecule has 0 spiro atoms. The zero-order valence-electron chi connectivity index (χ0n) is 61.9. The number of carbonyl (C=O) groups is 7. The second-order valence-electron chi connectivity index (χ2n) is 27.0. The van der Waals surface area contributed by atoms with Gasteiger partial charge in [0, 0.05) is 111 Å². The fraction of sp³-hybridized carbons (Fsp3) is 0.729. The van der Waals surface area contributed by atoms with E-state index in [0.29, 0.717) is 78.7 Å². The first kappa shape index (κ1) is 87.9. The average Bonchev–Trinajstić information content (AvgIpc) is 1.62. The minimum Gasteiger partial charge on any atom is -0.449 e. The van der Waals surface area contributed by atoms with Crippen LogP contribution < -0.4 is 42.5 Å². The highest BCUT2D eigenvalue weighted by molar-refractivity contribution is 5.80. The SMILES string of the molecule is CC(C)(C)OC(=O)NCCOCCOCCNC(=O)CN1CCN(CC(=O)NCCOCCOCCNC(=O)OCC2c3ccccc3-c3ccccc32)CCN(CC(=O)NCCOCCOCCNC(=O)OC(C)(C)C)CCN(CC(=O)NCCOCCOCCNC(O)OC(C)(C)C)CC1. The molecule has 0 radical (unpaired) electrons. The highest BCUT2D eigenvalue weighted by Gasteiger charge is 2.30. The Hall–Kier alpha value is -6.47. The number of benzene rings is 2. The van der Waals surface area contributed by atoms with Gasteiger partial charge in [0.25, 0.3) is 0 Å². The molecular formula is C70H120N12O20. The summed E-state index contributed by atoms with van der Waals surface area (Å²) in [5.74, 6) is -1.02. The number of aliphatic hydroxyl groups is 1. The van der Waals surface area contributed by atoms with E-state index in [-0.39, 0.29) is 194 Å². The van der Waals surface area contributed by atoms with Gasteiger partial charge in [-0.3, -0.25) is 44.1 Å². The van der Waals surface area contributed by atoms with Gasteiger partial charge in [0.05, 0.1) is 137 Å². The van der Waals surface area contributed by atoms with Gasteiger partial charge in [0.1, 0.15) is 17.8 Å². The lowest BCUT2D eigenvalue weighted by Crippen LogP contribution is -2.51. The van der Waals surface area contributed by atoms with E-state index in [1.54, 1.807) is 41.5 Å². The number of aliphatic hydroxyl groups excluding tert-OH is 1. The molecule has 580 valence electrons. The summed E-state index contributed by atoms with van der Waals surface area (Å²) in [7, 11) is 0. The van der Waals surface area contributed by atoms with E-state index in [1.165, 1.54) is 0 Å². The molecule has 1 heterocycles. The Bertz CT molecular complexity index is 2580. The van der Waals surface area contributed by atoms with Gasteiger partial charge in [-0.05, 0) is 84.6 Å². The van der Waals surface area contributed by atoms with Crippen LogP contribution >= 0.6 is 0 Å². The number of alkyl carbamates (subject to hydrolysis) is 3. The zero-order valence-corrected chi connectivity index (χ0v) is 61.9. The predicted molar refractivity (Wildman–Crippen MR) is 381 cm³/mol. The van der Waals surface area contributed by atoms with Gasteiger partial charge in [-0.25, -0.2) is 14.4 Å². The predicted octanol–water partition coefficient (Wildman–Crippen LogP) is 1.07. The molecule has 2 aromatic rings. The van der Waals surface area contributed by atoms with Gasteiger partial charge in [-0.15, -0.1) is 0 Å². The Labute approximate surface area is 602 Å². The average molecular weight is 1450 g/mol. The number of nitrogens with one attached hydrogen (secondary N) is 8. The summed E-state index contributed by atoms with van der Waals surface area (Å²) >= 11 is 0. The summed E-state index contributed by atoms with van der Waals surface area (Å²) in [6.45, 7) is 25.9. The number of amides is 7. The summed E-state index contributed by atoms with van der Waals surface area (Å²) in [6.07, 6.45) is -2.70.